The molecule has 29 heavy (non-hydrogen) atoms. The summed E-state index contributed by atoms with van der Waals surface area (Å²) in [5.74, 6) is -0.711. The van der Waals surface area contributed by atoms with E-state index < -0.39 is 36.5 Å². The van der Waals surface area contributed by atoms with Crippen molar-refractivity contribution in [3.05, 3.63) is 42.0 Å². The number of rotatable bonds is 5. The van der Waals surface area contributed by atoms with E-state index in [0.29, 0.717) is 17.9 Å². The number of alkyl halides is 3. The summed E-state index contributed by atoms with van der Waals surface area (Å²) in [5.41, 5.74) is -2.51. The molecule has 0 saturated carbocycles. The molecule has 156 valence electrons. The summed E-state index contributed by atoms with van der Waals surface area (Å²) in [4.78, 5) is 28.5. The first-order valence-corrected chi connectivity index (χ1v) is 9.72. The summed E-state index contributed by atoms with van der Waals surface area (Å²) in [6, 6.07) is 4.70. The minimum absolute atomic E-state index is 0.167. The number of aryl methyl sites for hydroxylation is 1. The van der Waals surface area contributed by atoms with Crippen molar-refractivity contribution in [1.82, 2.24) is 14.9 Å². The second kappa shape index (κ2) is 8.07. The minimum Gasteiger partial charge on any atom is -0.374 e. The zero-order valence-corrected chi connectivity index (χ0v) is 16.2. The number of imidazole rings is 1. The van der Waals surface area contributed by atoms with Crippen molar-refractivity contribution >= 4 is 29.3 Å². The SMILES string of the molecule is Cn1ccnc1C(O)(CCNC(=O)c1ccc2c(c1)NC(=O)CCS2)C(F)(F)F. The van der Waals surface area contributed by atoms with Gasteiger partial charge in [0.05, 0.1) is 5.69 Å². The fraction of sp³-hybridized carbons (Fsp3) is 0.389. The summed E-state index contributed by atoms with van der Waals surface area (Å²) >= 11 is 1.48. The molecule has 3 N–H and O–H groups in total. The number of carbonyl (C=O) groups excluding carboxylic acids is 2. The summed E-state index contributed by atoms with van der Waals surface area (Å²) in [5, 5.41) is 15.4. The molecule has 0 bridgehead atoms. The van der Waals surface area contributed by atoms with Crippen molar-refractivity contribution in [2.75, 3.05) is 17.6 Å². The average molecular weight is 428 g/mol. The van der Waals surface area contributed by atoms with Gasteiger partial charge in [-0.3, -0.25) is 9.59 Å². The molecule has 2 aromatic rings. The van der Waals surface area contributed by atoms with Crippen molar-refractivity contribution in [3.8, 4) is 0 Å². The van der Waals surface area contributed by atoms with Crippen LogP contribution in [0.1, 0.15) is 29.0 Å². The van der Waals surface area contributed by atoms with Crippen LogP contribution < -0.4 is 10.6 Å². The van der Waals surface area contributed by atoms with Crippen molar-refractivity contribution in [2.24, 2.45) is 7.05 Å². The zero-order valence-electron chi connectivity index (χ0n) is 15.4. The third-order valence-electron chi connectivity index (χ3n) is 4.53. The van der Waals surface area contributed by atoms with E-state index in [9.17, 15) is 27.9 Å². The Labute approximate surface area is 168 Å². The third kappa shape index (κ3) is 4.40. The number of nitrogens with one attached hydrogen (secondary N) is 2. The molecule has 1 atom stereocenters. The van der Waals surface area contributed by atoms with E-state index in [1.807, 2.05) is 0 Å². The number of fused-ring (bicyclic) bond motifs is 1. The highest BCUT2D eigenvalue weighted by Gasteiger charge is 2.57. The molecule has 0 saturated heterocycles. The van der Waals surface area contributed by atoms with E-state index in [0.717, 1.165) is 15.7 Å². The summed E-state index contributed by atoms with van der Waals surface area (Å²) < 4.78 is 41.6. The maximum atomic E-state index is 13.5. The van der Waals surface area contributed by atoms with Gasteiger partial charge in [0.25, 0.3) is 5.91 Å². The van der Waals surface area contributed by atoms with Crippen LogP contribution in [0.15, 0.2) is 35.5 Å². The standard InChI is InChI=1S/C18H19F3N4O3S/c1-25-8-7-23-16(25)17(28,18(19,20)21)5-6-22-15(27)11-2-3-13-12(10-11)24-14(26)4-9-29-13/h2-3,7-8,10,28H,4-6,9H2,1H3,(H,22,27)(H,24,26). The highest BCUT2D eigenvalue weighted by Crippen LogP contribution is 2.40. The molecule has 1 unspecified atom stereocenters. The van der Waals surface area contributed by atoms with Crippen molar-refractivity contribution in [2.45, 2.75) is 29.5 Å². The largest absolute Gasteiger partial charge is 0.424 e. The Morgan fingerprint density at radius 3 is 2.83 bits per heavy atom. The number of thioether (sulfide) groups is 1. The number of hydrogen-bond acceptors (Lipinski definition) is 5. The number of amides is 2. The highest BCUT2D eigenvalue weighted by atomic mass is 32.2. The van der Waals surface area contributed by atoms with Gasteiger partial charge in [-0.2, -0.15) is 13.2 Å². The molecule has 0 fully saturated rings. The topological polar surface area (TPSA) is 96.2 Å². The van der Waals surface area contributed by atoms with Gasteiger partial charge >= 0.3 is 6.18 Å². The number of carbonyl (C=O) groups is 2. The zero-order chi connectivity index (χ0) is 21.2. The minimum atomic E-state index is -4.97. The van der Waals surface area contributed by atoms with Crippen LogP contribution in [0.25, 0.3) is 0 Å². The quantitative estimate of drug-likeness (QED) is 0.680. The van der Waals surface area contributed by atoms with Gasteiger partial charge in [-0.25, -0.2) is 4.98 Å². The lowest BCUT2D eigenvalue weighted by molar-refractivity contribution is -0.272. The molecule has 1 aromatic heterocycles. The Balaban J connectivity index is 1.70. The lowest BCUT2D eigenvalue weighted by atomic mass is 9.97. The summed E-state index contributed by atoms with van der Waals surface area (Å²) in [6.07, 6.45) is -2.96. The van der Waals surface area contributed by atoms with Crippen LogP contribution in [0.3, 0.4) is 0 Å². The Morgan fingerprint density at radius 2 is 2.17 bits per heavy atom. The maximum Gasteiger partial charge on any atom is 0.424 e. The first-order chi connectivity index (χ1) is 13.6. The molecule has 2 amide bonds. The molecule has 2 heterocycles. The molecular formula is C18H19F3N4O3S. The van der Waals surface area contributed by atoms with Gasteiger partial charge in [0.1, 0.15) is 5.82 Å². The molecule has 0 aliphatic carbocycles. The predicted molar refractivity (Wildman–Crippen MR) is 101 cm³/mol. The van der Waals surface area contributed by atoms with Crippen LogP contribution in [0.2, 0.25) is 0 Å². The molecular weight excluding hydrogens is 409 g/mol. The normalized spacial score (nSPS) is 16.4. The van der Waals surface area contributed by atoms with Gasteiger partial charge < -0.3 is 20.3 Å². The number of halogens is 3. The first-order valence-electron chi connectivity index (χ1n) is 8.73. The van der Waals surface area contributed by atoms with E-state index in [1.165, 1.54) is 37.1 Å². The molecule has 1 aliphatic heterocycles. The first kappa shape index (κ1) is 21.2. The highest BCUT2D eigenvalue weighted by molar-refractivity contribution is 7.99. The van der Waals surface area contributed by atoms with Crippen LogP contribution in [0.4, 0.5) is 18.9 Å². The van der Waals surface area contributed by atoms with Crippen LogP contribution >= 0.6 is 11.8 Å². The molecule has 7 nitrogen and oxygen atoms in total. The Kier molecular flexibility index (Phi) is 5.90. The van der Waals surface area contributed by atoms with Gasteiger partial charge in [-0.15, -0.1) is 11.8 Å². The number of nitrogens with zero attached hydrogens (tertiary/aromatic N) is 2. The number of aromatic nitrogens is 2. The van der Waals surface area contributed by atoms with Crippen molar-refractivity contribution in [3.63, 3.8) is 0 Å². The van der Waals surface area contributed by atoms with E-state index >= 15 is 0 Å². The summed E-state index contributed by atoms with van der Waals surface area (Å²) in [6.45, 7) is -0.431. The van der Waals surface area contributed by atoms with E-state index in [2.05, 4.69) is 15.6 Å². The van der Waals surface area contributed by atoms with Gasteiger partial charge in [0, 0.05) is 55.0 Å². The van der Waals surface area contributed by atoms with Gasteiger partial charge in [-0.1, -0.05) is 0 Å². The monoisotopic (exact) mass is 428 g/mol. The molecule has 0 spiro atoms. The molecule has 3 rings (SSSR count). The van der Waals surface area contributed by atoms with Crippen LogP contribution in [0, 0.1) is 0 Å². The predicted octanol–water partition coefficient (Wildman–Crippen LogP) is 2.42. The van der Waals surface area contributed by atoms with E-state index in [1.54, 1.807) is 6.07 Å². The summed E-state index contributed by atoms with van der Waals surface area (Å²) in [7, 11) is 1.35. The molecule has 1 aromatic carbocycles. The number of hydrogen-bond donors (Lipinski definition) is 3. The van der Waals surface area contributed by atoms with Gasteiger partial charge in [0.15, 0.2) is 0 Å². The average Bonchev–Trinajstić information content (AvgIpc) is 2.98. The van der Waals surface area contributed by atoms with Gasteiger partial charge in [0.2, 0.25) is 11.5 Å². The van der Waals surface area contributed by atoms with Crippen LogP contribution in [-0.2, 0) is 17.4 Å². The molecule has 11 heteroatoms. The van der Waals surface area contributed by atoms with Crippen LogP contribution in [0.5, 0.6) is 0 Å². The van der Waals surface area contributed by atoms with Crippen LogP contribution in [-0.4, -0.2) is 44.9 Å². The Morgan fingerprint density at radius 1 is 1.41 bits per heavy atom. The number of anilines is 1. The number of benzene rings is 1. The van der Waals surface area contributed by atoms with Crippen molar-refractivity contribution in [1.29, 1.82) is 0 Å². The number of aliphatic hydroxyl groups is 1. The Hall–Kier alpha value is -2.53. The van der Waals surface area contributed by atoms with E-state index in [-0.39, 0.29) is 11.5 Å². The second-order valence-corrected chi connectivity index (χ2v) is 7.72. The smallest absolute Gasteiger partial charge is 0.374 e. The lowest BCUT2D eigenvalue weighted by Crippen LogP contribution is -2.46. The third-order valence-corrected chi connectivity index (χ3v) is 5.61. The van der Waals surface area contributed by atoms with Crippen molar-refractivity contribution < 1.29 is 27.9 Å². The fourth-order valence-corrected chi connectivity index (χ4v) is 3.90. The molecule has 0 radical (unpaired) electrons. The second-order valence-electron chi connectivity index (χ2n) is 6.58. The molecule has 1 aliphatic rings. The Bertz CT molecular complexity index is 931. The fourth-order valence-electron chi connectivity index (χ4n) is 2.96. The van der Waals surface area contributed by atoms with E-state index in [4.69, 9.17) is 0 Å². The maximum absolute atomic E-state index is 13.5. The van der Waals surface area contributed by atoms with Gasteiger partial charge in [-0.05, 0) is 18.2 Å². The lowest BCUT2D eigenvalue weighted by Gasteiger charge is -2.30.